The highest BCUT2D eigenvalue weighted by molar-refractivity contribution is 5.81. The number of fused-ring (bicyclic) bond motifs is 1. The van der Waals surface area contributed by atoms with Gasteiger partial charge in [-0.15, -0.1) is 0 Å². The van der Waals surface area contributed by atoms with E-state index in [-0.39, 0.29) is 23.1 Å². The molecule has 0 bridgehead atoms. The van der Waals surface area contributed by atoms with Crippen LogP contribution in [0, 0.1) is 11.3 Å². The number of benzene rings is 1. The molecule has 1 aromatic carbocycles. The third kappa shape index (κ3) is 3.05. The lowest BCUT2D eigenvalue weighted by molar-refractivity contribution is -0.139. The minimum absolute atomic E-state index is 0.0664. The first-order chi connectivity index (χ1) is 12.1. The number of carbonyl (C=O) groups excluding carboxylic acids is 2. The van der Waals surface area contributed by atoms with E-state index < -0.39 is 0 Å². The molecule has 2 saturated heterocycles. The number of methoxy groups -OCH3 is 1. The van der Waals surface area contributed by atoms with Gasteiger partial charge in [-0.3, -0.25) is 9.59 Å². The van der Waals surface area contributed by atoms with Crippen LogP contribution in [-0.2, 0) is 16.0 Å². The summed E-state index contributed by atoms with van der Waals surface area (Å²) in [5.41, 5.74) is 1.10. The van der Waals surface area contributed by atoms with Gasteiger partial charge in [0.2, 0.25) is 11.8 Å². The van der Waals surface area contributed by atoms with Crippen LogP contribution in [0.15, 0.2) is 18.2 Å². The maximum absolute atomic E-state index is 12.9. The number of hydrogen-bond donors (Lipinski definition) is 1. The molecular weight excluding hydrogens is 320 g/mol. The van der Waals surface area contributed by atoms with E-state index in [0.717, 1.165) is 49.5 Å². The Kier molecular flexibility index (Phi) is 4.06. The molecule has 0 saturated carbocycles. The van der Waals surface area contributed by atoms with Crippen LogP contribution in [0.3, 0.4) is 0 Å². The van der Waals surface area contributed by atoms with Crippen LogP contribution in [0.4, 0.5) is 0 Å². The zero-order valence-electron chi connectivity index (χ0n) is 14.5. The van der Waals surface area contributed by atoms with Gasteiger partial charge in [-0.05, 0) is 48.4 Å². The average molecular weight is 344 g/mol. The molecule has 0 radical (unpaired) electrons. The number of carbonyl (C=O) groups is 2. The van der Waals surface area contributed by atoms with E-state index in [4.69, 9.17) is 9.47 Å². The summed E-state index contributed by atoms with van der Waals surface area (Å²) >= 11 is 0. The Labute approximate surface area is 147 Å². The van der Waals surface area contributed by atoms with Gasteiger partial charge in [0.25, 0.3) is 0 Å². The van der Waals surface area contributed by atoms with Crippen LogP contribution in [0.2, 0.25) is 0 Å². The van der Waals surface area contributed by atoms with Crippen molar-refractivity contribution < 1.29 is 19.1 Å². The molecule has 2 fully saturated rings. The van der Waals surface area contributed by atoms with Gasteiger partial charge in [0.05, 0.1) is 13.0 Å². The van der Waals surface area contributed by atoms with Gasteiger partial charge < -0.3 is 19.7 Å². The van der Waals surface area contributed by atoms with Crippen LogP contribution in [0.5, 0.6) is 11.5 Å². The van der Waals surface area contributed by atoms with Crippen molar-refractivity contribution in [2.24, 2.45) is 11.3 Å². The molecule has 3 heterocycles. The van der Waals surface area contributed by atoms with Crippen LogP contribution < -0.4 is 14.8 Å². The van der Waals surface area contributed by atoms with Crippen molar-refractivity contribution in [2.45, 2.75) is 25.7 Å². The third-order valence-electron chi connectivity index (χ3n) is 5.86. The second kappa shape index (κ2) is 6.24. The number of amides is 2. The van der Waals surface area contributed by atoms with Gasteiger partial charge in [-0.2, -0.15) is 0 Å². The summed E-state index contributed by atoms with van der Waals surface area (Å²) in [6.07, 6.45) is 3.09. The first-order valence-corrected chi connectivity index (χ1v) is 8.94. The van der Waals surface area contributed by atoms with Gasteiger partial charge in [0, 0.05) is 26.1 Å². The van der Waals surface area contributed by atoms with E-state index in [9.17, 15) is 9.59 Å². The first kappa shape index (κ1) is 16.2. The molecule has 1 spiro atoms. The molecule has 0 aliphatic carbocycles. The second-order valence-corrected chi connectivity index (χ2v) is 7.46. The van der Waals surface area contributed by atoms with Crippen LogP contribution in [-0.4, -0.2) is 50.1 Å². The van der Waals surface area contributed by atoms with Crippen molar-refractivity contribution in [1.29, 1.82) is 0 Å². The normalized spacial score (nSPS) is 24.4. The topological polar surface area (TPSA) is 67.9 Å². The minimum Gasteiger partial charge on any atom is -0.497 e. The Morgan fingerprint density at radius 2 is 2.16 bits per heavy atom. The average Bonchev–Trinajstić information content (AvgIpc) is 3.01. The van der Waals surface area contributed by atoms with Crippen molar-refractivity contribution in [3.05, 3.63) is 23.8 Å². The number of nitrogens with zero attached hydrogens (tertiary/aromatic N) is 1. The van der Waals surface area contributed by atoms with Gasteiger partial charge >= 0.3 is 0 Å². The zero-order chi connectivity index (χ0) is 17.4. The van der Waals surface area contributed by atoms with Gasteiger partial charge in [0.15, 0.2) is 0 Å². The quantitative estimate of drug-likeness (QED) is 0.880. The van der Waals surface area contributed by atoms with E-state index >= 15 is 0 Å². The zero-order valence-corrected chi connectivity index (χ0v) is 14.5. The Balaban J connectivity index is 1.40. The smallest absolute Gasteiger partial charge is 0.229 e. The molecule has 6 nitrogen and oxygen atoms in total. The van der Waals surface area contributed by atoms with Gasteiger partial charge in [-0.1, -0.05) is 0 Å². The fourth-order valence-electron chi connectivity index (χ4n) is 4.22. The Hall–Kier alpha value is -2.24. The Morgan fingerprint density at radius 3 is 2.84 bits per heavy atom. The van der Waals surface area contributed by atoms with E-state index in [2.05, 4.69) is 5.32 Å². The van der Waals surface area contributed by atoms with Crippen LogP contribution in [0.1, 0.15) is 24.8 Å². The molecule has 0 unspecified atom stereocenters. The number of piperidine rings is 1. The molecule has 6 heteroatoms. The number of ether oxygens (including phenoxy) is 2. The summed E-state index contributed by atoms with van der Waals surface area (Å²) in [6, 6.07) is 5.74. The van der Waals surface area contributed by atoms with Crippen LogP contribution >= 0.6 is 0 Å². The van der Waals surface area contributed by atoms with E-state index in [1.807, 2.05) is 23.1 Å². The summed E-state index contributed by atoms with van der Waals surface area (Å²) < 4.78 is 11.1. The van der Waals surface area contributed by atoms with Crippen molar-refractivity contribution in [3.8, 4) is 11.5 Å². The molecule has 1 N–H and O–H groups in total. The maximum atomic E-state index is 12.9. The molecule has 134 valence electrons. The lowest BCUT2D eigenvalue weighted by Crippen LogP contribution is -2.48. The summed E-state index contributed by atoms with van der Waals surface area (Å²) in [6.45, 7) is 2.65. The molecule has 2 amide bonds. The molecule has 4 rings (SSSR count). The number of rotatable bonds is 2. The fraction of sp³-hybridized carbons (Fsp3) is 0.579. The summed E-state index contributed by atoms with van der Waals surface area (Å²) in [7, 11) is 1.64. The van der Waals surface area contributed by atoms with Gasteiger partial charge in [0.1, 0.15) is 18.1 Å². The lowest BCUT2D eigenvalue weighted by Gasteiger charge is -2.40. The Morgan fingerprint density at radius 1 is 1.36 bits per heavy atom. The summed E-state index contributed by atoms with van der Waals surface area (Å²) in [5.74, 6) is 1.80. The molecule has 0 aromatic heterocycles. The highest BCUT2D eigenvalue weighted by Gasteiger charge is 2.42. The largest absolute Gasteiger partial charge is 0.497 e. The predicted molar refractivity (Wildman–Crippen MR) is 91.6 cm³/mol. The van der Waals surface area contributed by atoms with Crippen molar-refractivity contribution in [1.82, 2.24) is 10.2 Å². The lowest BCUT2D eigenvalue weighted by atomic mass is 9.77. The van der Waals surface area contributed by atoms with E-state index in [1.54, 1.807) is 7.11 Å². The highest BCUT2D eigenvalue weighted by Crippen LogP contribution is 2.38. The fourth-order valence-corrected chi connectivity index (χ4v) is 4.22. The molecule has 3 aliphatic heterocycles. The molecule has 1 atom stereocenters. The standard InChI is InChI=1S/C19H24N2O4/c1-24-15-2-3-16-13(9-15)8-14(11-25-16)18(23)21-6-4-19(5-7-21)10-17(22)20-12-19/h2-3,9,14H,4-8,10-12H2,1H3,(H,20,22)/t14-/m0/s1. The van der Waals surface area contributed by atoms with Gasteiger partial charge in [-0.25, -0.2) is 0 Å². The molecule has 25 heavy (non-hydrogen) atoms. The highest BCUT2D eigenvalue weighted by atomic mass is 16.5. The van der Waals surface area contributed by atoms with Crippen molar-refractivity contribution >= 4 is 11.8 Å². The SMILES string of the molecule is COc1ccc2c(c1)C[C@H](C(=O)N1CCC3(CC1)CNC(=O)C3)CO2. The first-order valence-electron chi connectivity index (χ1n) is 8.94. The number of hydrogen-bond acceptors (Lipinski definition) is 4. The molecular formula is C19H24N2O4. The second-order valence-electron chi connectivity index (χ2n) is 7.46. The maximum Gasteiger partial charge on any atom is 0.229 e. The van der Waals surface area contributed by atoms with Crippen molar-refractivity contribution in [3.63, 3.8) is 0 Å². The van der Waals surface area contributed by atoms with Crippen molar-refractivity contribution in [2.75, 3.05) is 33.4 Å². The third-order valence-corrected chi connectivity index (χ3v) is 5.86. The van der Waals surface area contributed by atoms with E-state index in [1.165, 1.54) is 0 Å². The summed E-state index contributed by atoms with van der Waals surface area (Å²) in [5, 5.41) is 2.94. The van der Waals surface area contributed by atoms with E-state index in [0.29, 0.717) is 19.4 Å². The monoisotopic (exact) mass is 344 g/mol. The summed E-state index contributed by atoms with van der Waals surface area (Å²) in [4.78, 5) is 26.4. The predicted octanol–water partition coefficient (Wildman–Crippen LogP) is 1.37. The number of likely N-dealkylation sites (tertiary alicyclic amines) is 1. The molecule has 1 aromatic rings. The minimum atomic E-state index is -0.142. The Bertz CT molecular complexity index is 695. The number of nitrogens with one attached hydrogen (secondary N) is 1. The van der Waals surface area contributed by atoms with Crippen LogP contribution in [0.25, 0.3) is 0 Å². The molecule has 3 aliphatic rings.